The first-order valence-electron chi connectivity index (χ1n) is 8.49. The molecule has 0 fully saturated rings. The van der Waals surface area contributed by atoms with Crippen LogP contribution >= 0.6 is 0 Å². The minimum atomic E-state index is -0.519. The molecule has 2 heterocycles. The number of rotatable bonds is 4. The first-order valence-corrected chi connectivity index (χ1v) is 8.49. The van der Waals surface area contributed by atoms with Crippen molar-refractivity contribution < 1.29 is 18.7 Å². The van der Waals surface area contributed by atoms with E-state index in [9.17, 15) is 9.59 Å². The molecule has 0 N–H and O–H groups in total. The number of carbonyl (C=O) groups excluding carboxylic acids is 1. The fraction of sp³-hybridized carbons (Fsp3) is 0.0455. The van der Waals surface area contributed by atoms with Gasteiger partial charge in [0.15, 0.2) is 0 Å². The van der Waals surface area contributed by atoms with Gasteiger partial charge in [0, 0.05) is 17.6 Å². The Labute approximate surface area is 160 Å². The maximum Gasteiger partial charge on any atom is 0.345 e. The van der Waals surface area contributed by atoms with Gasteiger partial charge >= 0.3 is 11.6 Å². The summed E-state index contributed by atoms with van der Waals surface area (Å²) in [6, 6.07) is 18.5. The zero-order chi connectivity index (χ0) is 19.5. The molecule has 0 radical (unpaired) electrons. The van der Waals surface area contributed by atoms with Crippen molar-refractivity contribution in [2.75, 3.05) is 7.11 Å². The number of hydrogen-bond donors (Lipinski definition) is 0. The van der Waals surface area contributed by atoms with Gasteiger partial charge in [0.1, 0.15) is 17.1 Å². The summed E-state index contributed by atoms with van der Waals surface area (Å²) in [6.07, 6.45) is 1.61. The molecule has 0 aliphatic heterocycles. The summed E-state index contributed by atoms with van der Waals surface area (Å²) < 4.78 is 15.9. The summed E-state index contributed by atoms with van der Waals surface area (Å²) >= 11 is 0. The van der Waals surface area contributed by atoms with Gasteiger partial charge in [0.05, 0.1) is 23.9 Å². The van der Waals surface area contributed by atoms with Crippen LogP contribution in [0.2, 0.25) is 0 Å². The summed E-state index contributed by atoms with van der Waals surface area (Å²) in [4.78, 5) is 28.8. The van der Waals surface area contributed by atoms with Crippen molar-refractivity contribution >= 4 is 16.9 Å². The van der Waals surface area contributed by atoms with Crippen LogP contribution in [0.15, 0.2) is 82.1 Å². The van der Waals surface area contributed by atoms with Crippen LogP contribution in [0.5, 0.6) is 11.5 Å². The van der Waals surface area contributed by atoms with Crippen LogP contribution in [0.1, 0.15) is 10.4 Å². The predicted octanol–water partition coefficient (Wildman–Crippen LogP) is 4.08. The third-order valence-electron chi connectivity index (χ3n) is 4.18. The fourth-order valence-electron chi connectivity index (χ4n) is 2.75. The average molecular weight is 373 g/mol. The molecular weight excluding hydrogens is 358 g/mol. The molecule has 0 spiro atoms. The van der Waals surface area contributed by atoms with Gasteiger partial charge in [0.2, 0.25) is 0 Å². The highest BCUT2D eigenvalue weighted by Crippen LogP contribution is 2.24. The summed E-state index contributed by atoms with van der Waals surface area (Å²) in [6.45, 7) is 0. The molecular formula is C22H15NO5. The van der Waals surface area contributed by atoms with Gasteiger partial charge in [-0.25, -0.2) is 9.59 Å². The zero-order valence-corrected chi connectivity index (χ0v) is 14.9. The quantitative estimate of drug-likeness (QED) is 0.305. The lowest BCUT2D eigenvalue weighted by molar-refractivity contribution is 0.0735. The van der Waals surface area contributed by atoms with E-state index in [1.54, 1.807) is 74.0 Å². The minimum absolute atomic E-state index is 0.280. The van der Waals surface area contributed by atoms with Crippen LogP contribution in [0, 0.1) is 0 Å². The van der Waals surface area contributed by atoms with Crippen molar-refractivity contribution in [1.29, 1.82) is 0 Å². The molecule has 4 rings (SSSR count). The van der Waals surface area contributed by atoms with E-state index in [2.05, 4.69) is 4.98 Å². The third kappa shape index (κ3) is 3.48. The Kier molecular flexibility index (Phi) is 4.60. The molecule has 28 heavy (non-hydrogen) atoms. The number of pyridine rings is 1. The number of fused-ring (bicyclic) bond motifs is 1. The molecule has 0 aliphatic rings. The Hall–Kier alpha value is -3.93. The summed E-state index contributed by atoms with van der Waals surface area (Å²) in [5.41, 5.74) is 1.10. The monoisotopic (exact) mass is 373 g/mol. The second-order valence-electron chi connectivity index (χ2n) is 5.98. The summed E-state index contributed by atoms with van der Waals surface area (Å²) in [5.74, 6) is 0.407. The summed E-state index contributed by atoms with van der Waals surface area (Å²) in [7, 11) is 1.55. The van der Waals surface area contributed by atoms with Crippen molar-refractivity contribution in [2.24, 2.45) is 0 Å². The average Bonchev–Trinajstić information content (AvgIpc) is 2.74. The number of aromatic nitrogens is 1. The van der Waals surface area contributed by atoms with Gasteiger partial charge in [-0.15, -0.1) is 0 Å². The Bertz CT molecular complexity index is 1200. The first-order chi connectivity index (χ1) is 13.6. The number of esters is 1. The van der Waals surface area contributed by atoms with Crippen LogP contribution in [0.4, 0.5) is 0 Å². The molecule has 0 unspecified atom stereocenters. The standard InChI is InChI=1S/C22H15NO5/c1-26-16-8-5-14(6-9-16)21(24)27-17-10-7-15-12-18(19-4-2-3-11-23-19)22(25)28-20(15)13-17/h2-13H,1H3. The first kappa shape index (κ1) is 17.5. The summed E-state index contributed by atoms with van der Waals surface area (Å²) in [5, 5.41) is 0.699. The second kappa shape index (κ2) is 7.36. The smallest absolute Gasteiger partial charge is 0.345 e. The molecule has 0 saturated carbocycles. The Morgan fingerprint density at radius 2 is 1.75 bits per heavy atom. The van der Waals surface area contributed by atoms with Crippen molar-refractivity contribution in [3.63, 3.8) is 0 Å². The van der Waals surface area contributed by atoms with E-state index in [4.69, 9.17) is 13.9 Å². The number of methoxy groups -OCH3 is 1. The molecule has 6 heteroatoms. The molecule has 0 aliphatic carbocycles. The molecule has 4 aromatic rings. The van der Waals surface area contributed by atoms with Gasteiger partial charge < -0.3 is 13.9 Å². The predicted molar refractivity (Wildman–Crippen MR) is 104 cm³/mol. The van der Waals surface area contributed by atoms with Gasteiger partial charge in [-0.05, 0) is 54.6 Å². The maximum absolute atomic E-state index is 12.3. The van der Waals surface area contributed by atoms with E-state index in [0.717, 1.165) is 0 Å². The maximum atomic E-state index is 12.3. The number of carbonyl (C=O) groups is 1. The van der Waals surface area contributed by atoms with Gasteiger partial charge in [-0.2, -0.15) is 0 Å². The van der Waals surface area contributed by atoms with E-state index in [-0.39, 0.29) is 5.75 Å². The topological polar surface area (TPSA) is 78.6 Å². The van der Waals surface area contributed by atoms with Crippen LogP contribution < -0.4 is 15.1 Å². The van der Waals surface area contributed by atoms with Gasteiger partial charge in [-0.1, -0.05) is 6.07 Å². The minimum Gasteiger partial charge on any atom is -0.497 e. The lowest BCUT2D eigenvalue weighted by Gasteiger charge is -2.07. The van der Waals surface area contributed by atoms with Crippen LogP contribution in [-0.2, 0) is 0 Å². The second-order valence-corrected chi connectivity index (χ2v) is 5.98. The van der Waals surface area contributed by atoms with Crippen molar-refractivity contribution in [3.8, 4) is 22.8 Å². The van der Waals surface area contributed by atoms with E-state index < -0.39 is 11.6 Å². The van der Waals surface area contributed by atoms with E-state index in [1.807, 2.05) is 0 Å². The van der Waals surface area contributed by atoms with E-state index in [1.165, 1.54) is 6.07 Å². The number of nitrogens with zero attached hydrogens (tertiary/aromatic N) is 1. The number of benzene rings is 2. The van der Waals surface area contributed by atoms with Crippen molar-refractivity contribution in [1.82, 2.24) is 4.98 Å². The van der Waals surface area contributed by atoms with Crippen LogP contribution in [0.3, 0.4) is 0 Å². The van der Waals surface area contributed by atoms with E-state index >= 15 is 0 Å². The Morgan fingerprint density at radius 1 is 0.964 bits per heavy atom. The van der Waals surface area contributed by atoms with Crippen LogP contribution in [0.25, 0.3) is 22.2 Å². The molecule has 0 bridgehead atoms. The zero-order valence-electron chi connectivity index (χ0n) is 14.9. The molecule has 2 aromatic heterocycles. The SMILES string of the molecule is COc1ccc(C(=O)Oc2ccc3cc(-c4ccccn4)c(=O)oc3c2)cc1. The normalized spacial score (nSPS) is 10.6. The highest BCUT2D eigenvalue weighted by molar-refractivity contribution is 5.92. The van der Waals surface area contributed by atoms with Gasteiger partial charge in [0.25, 0.3) is 0 Å². The Balaban J connectivity index is 1.62. The fourth-order valence-corrected chi connectivity index (χ4v) is 2.75. The largest absolute Gasteiger partial charge is 0.497 e. The molecule has 6 nitrogen and oxygen atoms in total. The molecule has 138 valence electrons. The molecule has 0 atom stereocenters. The highest BCUT2D eigenvalue weighted by atomic mass is 16.5. The van der Waals surface area contributed by atoms with Crippen molar-refractivity contribution in [2.45, 2.75) is 0 Å². The van der Waals surface area contributed by atoms with Crippen molar-refractivity contribution in [3.05, 3.63) is 88.9 Å². The van der Waals surface area contributed by atoms with Crippen LogP contribution in [-0.4, -0.2) is 18.1 Å². The molecule has 0 amide bonds. The number of ether oxygens (including phenoxy) is 2. The lowest BCUT2D eigenvalue weighted by atomic mass is 10.1. The van der Waals surface area contributed by atoms with Gasteiger partial charge in [-0.3, -0.25) is 4.98 Å². The third-order valence-corrected chi connectivity index (χ3v) is 4.18. The molecule has 0 saturated heterocycles. The Morgan fingerprint density at radius 3 is 2.46 bits per heavy atom. The highest BCUT2D eigenvalue weighted by Gasteiger charge is 2.12. The molecule has 2 aromatic carbocycles. The number of hydrogen-bond acceptors (Lipinski definition) is 6. The lowest BCUT2D eigenvalue weighted by Crippen LogP contribution is -2.08. The van der Waals surface area contributed by atoms with E-state index in [0.29, 0.717) is 33.5 Å².